The van der Waals surface area contributed by atoms with Crippen molar-refractivity contribution < 1.29 is 17.6 Å². The van der Waals surface area contributed by atoms with Crippen LogP contribution in [0.25, 0.3) is 22.6 Å². The highest BCUT2D eigenvalue weighted by molar-refractivity contribution is 7.92. The number of hydrogen-bond donors (Lipinski definition) is 1. The SMILES string of the molecule is COc1cccc(S(=O)(=O)Nc2ccc3oc(-c4ccccc4)nc3c2)c1. The van der Waals surface area contributed by atoms with Gasteiger partial charge in [0.05, 0.1) is 17.7 Å². The lowest BCUT2D eigenvalue weighted by molar-refractivity contribution is 0.413. The fourth-order valence-corrected chi connectivity index (χ4v) is 3.76. The maximum atomic E-state index is 12.6. The molecule has 3 aromatic carbocycles. The maximum Gasteiger partial charge on any atom is 0.262 e. The van der Waals surface area contributed by atoms with Gasteiger partial charge in [0.1, 0.15) is 11.3 Å². The van der Waals surface area contributed by atoms with Crippen molar-refractivity contribution in [2.45, 2.75) is 4.90 Å². The van der Waals surface area contributed by atoms with Crippen LogP contribution in [0.2, 0.25) is 0 Å². The molecule has 1 heterocycles. The highest BCUT2D eigenvalue weighted by atomic mass is 32.2. The van der Waals surface area contributed by atoms with Gasteiger partial charge in [-0.05, 0) is 42.5 Å². The predicted octanol–water partition coefficient (Wildman–Crippen LogP) is 4.30. The van der Waals surface area contributed by atoms with Gasteiger partial charge in [-0.15, -0.1) is 0 Å². The Morgan fingerprint density at radius 2 is 1.78 bits per heavy atom. The largest absolute Gasteiger partial charge is 0.497 e. The fraction of sp³-hybridized carbons (Fsp3) is 0.0500. The minimum absolute atomic E-state index is 0.118. The zero-order valence-corrected chi connectivity index (χ0v) is 15.2. The molecule has 0 aliphatic rings. The van der Waals surface area contributed by atoms with Crippen LogP contribution in [0.15, 0.2) is 82.1 Å². The number of fused-ring (bicyclic) bond motifs is 1. The third-order valence-electron chi connectivity index (χ3n) is 4.01. The third kappa shape index (κ3) is 3.50. The van der Waals surface area contributed by atoms with E-state index < -0.39 is 10.0 Å². The molecule has 0 unspecified atom stereocenters. The Labute approximate surface area is 156 Å². The van der Waals surface area contributed by atoms with Crippen LogP contribution in [0.3, 0.4) is 0 Å². The van der Waals surface area contributed by atoms with E-state index in [1.807, 2.05) is 30.3 Å². The van der Waals surface area contributed by atoms with E-state index >= 15 is 0 Å². The lowest BCUT2D eigenvalue weighted by Crippen LogP contribution is -2.12. The lowest BCUT2D eigenvalue weighted by Gasteiger charge is -2.09. The summed E-state index contributed by atoms with van der Waals surface area (Å²) in [5.74, 6) is 0.954. The third-order valence-corrected chi connectivity index (χ3v) is 5.39. The number of aromatic nitrogens is 1. The first kappa shape index (κ1) is 17.1. The van der Waals surface area contributed by atoms with Crippen LogP contribution in [0.1, 0.15) is 0 Å². The highest BCUT2D eigenvalue weighted by Crippen LogP contribution is 2.27. The Balaban J connectivity index is 1.66. The summed E-state index contributed by atoms with van der Waals surface area (Å²) < 4.78 is 38.6. The van der Waals surface area contributed by atoms with Crippen molar-refractivity contribution in [3.05, 3.63) is 72.8 Å². The topological polar surface area (TPSA) is 81.4 Å². The molecule has 0 saturated heterocycles. The van der Waals surface area contributed by atoms with Crippen molar-refractivity contribution in [2.24, 2.45) is 0 Å². The van der Waals surface area contributed by atoms with Crippen molar-refractivity contribution in [3.63, 3.8) is 0 Å². The Kier molecular flexibility index (Phi) is 4.29. The number of nitrogens with zero attached hydrogens (tertiary/aromatic N) is 1. The van der Waals surface area contributed by atoms with Crippen molar-refractivity contribution in [1.82, 2.24) is 4.98 Å². The van der Waals surface area contributed by atoms with Gasteiger partial charge in [-0.2, -0.15) is 0 Å². The first-order valence-corrected chi connectivity index (χ1v) is 9.66. The van der Waals surface area contributed by atoms with E-state index in [2.05, 4.69) is 9.71 Å². The second kappa shape index (κ2) is 6.77. The number of nitrogens with one attached hydrogen (secondary N) is 1. The van der Waals surface area contributed by atoms with Gasteiger partial charge in [0, 0.05) is 11.6 Å². The number of ether oxygens (including phenoxy) is 1. The molecule has 27 heavy (non-hydrogen) atoms. The second-order valence-corrected chi connectivity index (χ2v) is 7.53. The number of oxazole rings is 1. The van der Waals surface area contributed by atoms with Crippen LogP contribution >= 0.6 is 0 Å². The van der Waals surface area contributed by atoms with E-state index in [0.717, 1.165) is 5.56 Å². The maximum absolute atomic E-state index is 12.6. The molecule has 7 heteroatoms. The Bertz CT molecular complexity index is 1200. The zero-order chi connectivity index (χ0) is 18.9. The summed E-state index contributed by atoms with van der Waals surface area (Å²) in [5, 5.41) is 0. The molecule has 4 rings (SSSR count). The quantitative estimate of drug-likeness (QED) is 0.558. The van der Waals surface area contributed by atoms with Gasteiger partial charge < -0.3 is 9.15 Å². The number of rotatable bonds is 5. The van der Waals surface area contributed by atoms with E-state index in [1.54, 1.807) is 30.3 Å². The number of methoxy groups -OCH3 is 1. The molecular formula is C20H16N2O4S. The summed E-state index contributed by atoms with van der Waals surface area (Å²) in [6.45, 7) is 0. The minimum Gasteiger partial charge on any atom is -0.497 e. The molecule has 1 N–H and O–H groups in total. The van der Waals surface area contributed by atoms with Crippen LogP contribution in [0.4, 0.5) is 5.69 Å². The molecule has 4 aromatic rings. The molecule has 0 saturated carbocycles. The fourth-order valence-electron chi connectivity index (χ4n) is 2.68. The molecule has 0 aliphatic heterocycles. The molecule has 1 aromatic heterocycles. The molecule has 0 spiro atoms. The van der Waals surface area contributed by atoms with Crippen LogP contribution in [-0.4, -0.2) is 20.5 Å². The van der Waals surface area contributed by atoms with E-state index in [9.17, 15) is 8.42 Å². The number of benzene rings is 3. The molecule has 0 atom stereocenters. The summed E-state index contributed by atoms with van der Waals surface area (Å²) in [4.78, 5) is 4.57. The first-order valence-electron chi connectivity index (χ1n) is 8.18. The Morgan fingerprint density at radius 3 is 2.56 bits per heavy atom. The van der Waals surface area contributed by atoms with Crippen molar-refractivity contribution >= 4 is 26.8 Å². The summed E-state index contributed by atoms with van der Waals surface area (Å²) in [6, 6.07) is 20.8. The molecule has 0 amide bonds. The first-order chi connectivity index (χ1) is 13.0. The summed E-state index contributed by atoms with van der Waals surface area (Å²) in [7, 11) is -2.26. The predicted molar refractivity (Wildman–Crippen MR) is 103 cm³/mol. The van der Waals surface area contributed by atoms with Crippen molar-refractivity contribution in [1.29, 1.82) is 0 Å². The smallest absolute Gasteiger partial charge is 0.262 e. The molecule has 0 aliphatic carbocycles. The lowest BCUT2D eigenvalue weighted by atomic mass is 10.2. The van der Waals surface area contributed by atoms with Gasteiger partial charge in [-0.25, -0.2) is 13.4 Å². The number of hydrogen-bond acceptors (Lipinski definition) is 5. The molecular weight excluding hydrogens is 364 g/mol. The molecule has 136 valence electrons. The van der Waals surface area contributed by atoms with Crippen LogP contribution < -0.4 is 9.46 Å². The van der Waals surface area contributed by atoms with Crippen LogP contribution in [-0.2, 0) is 10.0 Å². The van der Waals surface area contributed by atoms with E-state index in [0.29, 0.717) is 28.4 Å². The van der Waals surface area contributed by atoms with Gasteiger partial charge in [-0.3, -0.25) is 4.72 Å². The van der Waals surface area contributed by atoms with Crippen molar-refractivity contribution in [3.8, 4) is 17.2 Å². The monoisotopic (exact) mass is 380 g/mol. The highest BCUT2D eigenvalue weighted by Gasteiger charge is 2.16. The summed E-state index contributed by atoms with van der Waals surface area (Å²) in [5.41, 5.74) is 2.41. The average Bonchev–Trinajstić information content (AvgIpc) is 3.12. The van der Waals surface area contributed by atoms with E-state index in [1.165, 1.54) is 19.2 Å². The summed E-state index contributed by atoms with van der Waals surface area (Å²) in [6.07, 6.45) is 0. The van der Waals surface area contributed by atoms with Crippen LogP contribution in [0.5, 0.6) is 5.75 Å². The van der Waals surface area contributed by atoms with Gasteiger partial charge in [0.25, 0.3) is 10.0 Å². The summed E-state index contributed by atoms with van der Waals surface area (Å²) >= 11 is 0. The van der Waals surface area contributed by atoms with Gasteiger partial charge in [0.2, 0.25) is 5.89 Å². The number of sulfonamides is 1. The number of anilines is 1. The van der Waals surface area contributed by atoms with Gasteiger partial charge in [0.15, 0.2) is 5.58 Å². The van der Waals surface area contributed by atoms with E-state index in [-0.39, 0.29) is 4.90 Å². The Morgan fingerprint density at radius 1 is 0.963 bits per heavy atom. The average molecular weight is 380 g/mol. The zero-order valence-electron chi connectivity index (χ0n) is 14.4. The van der Waals surface area contributed by atoms with Gasteiger partial charge in [-0.1, -0.05) is 24.3 Å². The molecule has 0 bridgehead atoms. The molecule has 0 radical (unpaired) electrons. The van der Waals surface area contributed by atoms with Crippen LogP contribution in [0, 0.1) is 0 Å². The standard InChI is InChI=1S/C20H16N2O4S/c1-25-16-8-5-9-17(13-16)27(23,24)22-15-10-11-19-18(12-15)21-20(26-19)14-6-3-2-4-7-14/h2-13,22H,1H3. The molecule has 6 nitrogen and oxygen atoms in total. The minimum atomic E-state index is -3.75. The second-order valence-electron chi connectivity index (χ2n) is 5.85. The Hall–Kier alpha value is -3.32. The van der Waals surface area contributed by atoms with E-state index in [4.69, 9.17) is 9.15 Å². The molecule has 0 fully saturated rings. The van der Waals surface area contributed by atoms with Gasteiger partial charge >= 0.3 is 0 Å². The van der Waals surface area contributed by atoms with Crippen molar-refractivity contribution in [2.75, 3.05) is 11.8 Å². The normalized spacial score (nSPS) is 11.4.